The van der Waals surface area contributed by atoms with E-state index in [0.29, 0.717) is 43.9 Å². The zero-order chi connectivity index (χ0) is 21.0. The highest BCUT2D eigenvalue weighted by Crippen LogP contribution is 2.32. The Morgan fingerprint density at radius 1 is 1.28 bits per heavy atom. The third-order valence-electron chi connectivity index (χ3n) is 5.25. The van der Waals surface area contributed by atoms with Gasteiger partial charge < -0.3 is 15.0 Å². The number of nitrogens with one attached hydrogen (secondary N) is 1. The van der Waals surface area contributed by atoms with E-state index in [-0.39, 0.29) is 35.8 Å². The Hall–Kier alpha value is -2.13. The van der Waals surface area contributed by atoms with E-state index in [2.05, 4.69) is 5.32 Å². The van der Waals surface area contributed by atoms with Crippen molar-refractivity contribution in [3.63, 3.8) is 0 Å². The Morgan fingerprint density at radius 2 is 2.00 bits per heavy atom. The third kappa shape index (κ3) is 4.72. The fraction of sp³-hybridized carbons (Fsp3) is 0.600. The Bertz CT molecular complexity index is 865. The molecule has 2 aliphatic heterocycles. The highest BCUT2D eigenvalue weighted by molar-refractivity contribution is 7.89. The number of amides is 2. The molecule has 1 aromatic rings. The van der Waals surface area contributed by atoms with Crippen molar-refractivity contribution in [1.82, 2.24) is 9.21 Å². The van der Waals surface area contributed by atoms with Crippen LogP contribution in [0.25, 0.3) is 0 Å². The van der Waals surface area contributed by atoms with Gasteiger partial charge in [-0.3, -0.25) is 9.59 Å². The highest BCUT2D eigenvalue weighted by Gasteiger charge is 2.35. The van der Waals surface area contributed by atoms with Gasteiger partial charge in [-0.1, -0.05) is 13.8 Å². The van der Waals surface area contributed by atoms with Crippen LogP contribution in [-0.4, -0.2) is 62.2 Å². The van der Waals surface area contributed by atoms with Gasteiger partial charge >= 0.3 is 0 Å². The summed E-state index contributed by atoms with van der Waals surface area (Å²) in [5.74, 6) is -0.148. The maximum absolute atomic E-state index is 13.2. The van der Waals surface area contributed by atoms with Gasteiger partial charge in [-0.2, -0.15) is 4.31 Å². The van der Waals surface area contributed by atoms with Crippen LogP contribution in [0.2, 0.25) is 0 Å². The molecule has 29 heavy (non-hydrogen) atoms. The molecule has 160 valence electrons. The van der Waals surface area contributed by atoms with Crippen LogP contribution in [0.5, 0.6) is 5.75 Å². The quantitative estimate of drug-likeness (QED) is 0.724. The standard InChI is InChI=1S/C20H29N3O5S/c1-3-9-22(10-4-2)20(25)15-6-5-11-23(13-15)29(26,27)16-7-8-18-17(12-16)21-19(24)14-28-18/h7-8,12,15H,3-6,9-11,13-14H2,1-2H3,(H,21,24)/t15-/m1/s1. The number of sulfonamides is 1. The zero-order valence-corrected chi connectivity index (χ0v) is 17.8. The predicted octanol–water partition coefficient (Wildman–Crippen LogP) is 2.07. The van der Waals surface area contributed by atoms with E-state index >= 15 is 0 Å². The summed E-state index contributed by atoms with van der Waals surface area (Å²) in [6, 6.07) is 4.46. The molecule has 0 aromatic heterocycles. The summed E-state index contributed by atoms with van der Waals surface area (Å²) in [4.78, 5) is 26.4. The van der Waals surface area contributed by atoms with Gasteiger partial charge in [-0.05, 0) is 43.9 Å². The van der Waals surface area contributed by atoms with Gasteiger partial charge in [0.15, 0.2) is 6.61 Å². The van der Waals surface area contributed by atoms with E-state index in [9.17, 15) is 18.0 Å². The Labute approximate surface area is 172 Å². The van der Waals surface area contributed by atoms with E-state index in [1.165, 1.54) is 16.4 Å². The van der Waals surface area contributed by atoms with Gasteiger partial charge in [0.25, 0.3) is 5.91 Å². The molecule has 1 saturated heterocycles. The van der Waals surface area contributed by atoms with Crippen LogP contribution in [0.4, 0.5) is 5.69 Å². The minimum absolute atomic E-state index is 0.0414. The minimum Gasteiger partial charge on any atom is -0.482 e. The van der Waals surface area contributed by atoms with Crippen molar-refractivity contribution in [3.8, 4) is 5.75 Å². The van der Waals surface area contributed by atoms with Crippen molar-refractivity contribution < 1.29 is 22.7 Å². The number of fused-ring (bicyclic) bond motifs is 1. The Morgan fingerprint density at radius 3 is 2.69 bits per heavy atom. The normalized spacial score (nSPS) is 19.8. The number of anilines is 1. The zero-order valence-electron chi connectivity index (χ0n) is 17.0. The van der Waals surface area contributed by atoms with Gasteiger partial charge in [0.05, 0.1) is 16.5 Å². The third-order valence-corrected chi connectivity index (χ3v) is 7.11. The van der Waals surface area contributed by atoms with Crippen molar-refractivity contribution in [2.75, 3.05) is 38.1 Å². The lowest BCUT2D eigenvalue weighted by molar-refractivity contribution is -0.136. The van der Waals surface area contributed by atoms with E-state index < -0.39 is 10.0 Å². The van der Waals surface area contributed by atoms with Gasteiger partial charge in [0.2, 0.25) is 15.9 Å². The lowest BCUT2D eigenvalue weighted by Crippen LogP contribution is -2.47. The summed E-state index contributed by atoms with van der Waals surface area (Å²) in [5.41, 5.74) is 0.351. The molecule has 2 amide bonds. The molecular formula is C20H29N3O5S. The lowest BCUT2D eigenvalue weighted by atomic mass is 9.98. The second-order valence-electron chi connectivity index (χ2n) is 7.52. The monoisotopic (exact) mass is 423 g/mol. The second-order valence-corrected chi connectivity index (χ2v) is 9.46. The fourth-order valence-corrected chi connectivity index (χ4v) is 5.41. The molecule has 9 heteroatoms. The molecule has 0 aliphatic carbocycles. The first kappa shape index (κ1) is 21.6. The number of ether oxygens (including phenoxy) is 1. The summed E-state index contributed by atoms with van der Waals surface area (Å²) in [6.45, 7) is 5.94. The van der Waals surface area contributed by atoms with Crippen LogP contribution in [-0.2, 0) is 19.6 Å². The molecule has 0 bridgehead atoms. The summed E-state index contributed by atoms with van der Waals surface area (Å²) < 4.78 is 33.1. The van der Waals surface area contributed by atoms with Crippen LogP contribution < -0.4 is 10.1 Å². The van der Waals surface area contributed by atoms with Gasteiger partial charge in [-0.15, -0.1) is 0 Å². The van der Waals surface area contributed by atoms with E-state index in [0.717, 1.165) is 12.8 Å². The van der Waals surface area contributed by atoms with Crippen LogP contribution >= 0.6 is 0 Å². The number of carbonyl (C=O) groups is 2. The van der Waals surface area contributed by atoms with Crippen LogP contribution in [0.3, 0.4) is 0 Å². The van der Waals surface area contributed by atoms with Crippen molar-refractivity contribution in [1.29, 1.82) is 0 Å². The van der Waals surface area contributed by atoms with Crippen molar-refractivity contribution in [3.05, 3.63) is 18.2 Å². The number of hydrogen-bond donors (Lipinski definition) is 1. The van der Waals surface area contributed by atoms with Crippen LogP contribution in [0.15, 0.2) is 23.1 Å². The average molecular weight is 424 g/mol. The number of benzene rings is 1. The van der Waals surface area contributed by atoms with Gasteiger partial charge in [-0.25, -0.2) is 8.42 Å². The summed E-state index contributed by atoms with van der Waals surface area (Å²) in [5, 5.41) is 2.64. The Balaban J connectivity index is 1.78. The number of carbonyl (C=O) groups excluding carboxylic acids is 2. The first-order chi connectivity index (χ1) is 13.9. The second kappa shape index (κ2) is 9.13. The molecule has 2 heterocycles. The first-order valence-corrected chi connectivity index (χ1v) is 11.7. The van der Waals surface area contributed by atoms with Gasteiger partial charge in [0, 0.05) is 26.2 Å². The smallest absolute Gasteiger partial charge is 0.262 e. The summed E-state index contributed by atoms with van der Waals surface area (Å²) in [6.07, 6.45) is 3.10. The molecule has 3 rings (SSSR count). The number of rotatable bonds is 7. The molecule has 1 fully saturated rings. The molecule has 0 radical (unpaired) electrons. The number of nitrogens with zero attached hydrogens (tertiary/aromatic N) is 2. The summed E-state index contributed by atoms with van der Waals surface area (Å²) >= 11 is 0. The van der Waals surface area contributed by atoms with Crippen LogP contribution in [0.1, 0.15) is 39.5 Å². The topological polar surface area (TPSA) is 96.0 Å². The average Bonchev–Trinajstić information content (AvgIpc) is 2.72. The molecule has 2 aliphatic rings. The molecular weight excluding hydrogens is 394 g/mol. The molecule has 1 N–H and O–H groups in total. The van der Waals surface area contributed by atoms with Gasteiger partial charge in [0.1, 0.15) is 5.75 Å². The maximum Gasteiger partial charge on any atom is 0.262 e. The molecule has 0 unspecified atom stereocenters. The van der Waals surface area contributed by atoms with Crippen molar-refractivity contribution in [2.45, 2.75) is 44.4 Å². The predicted molar refractivity (Wildman–Crippen MR) is 109 cm³/mol. The minimum atomic E-state index is -3.77. The van der Waals surface area contributed by atoms with Crippen LogP contribution in [0, 0.1) is 5.92 Å². The highest BCUT2D eigenvalue weighted by atomic mass is 32.2. The first-order valence-electron chi connectivity index (χ1n) is 10.2. The summed E-state index contributed by atoms with van der Waals surface area (Å²) in [7, 11) is -3.77. The molecule has 0 spiro atoms. The van der Waals surface area contributed by atoms with Crippen molar-refractivity contribution in [2.24, 2.45) is 5.92 Å². The molecule has 0 saturated carbocycles. The lowest BCUT2D eigenvalue weighted by Gasteiger charge is -2.34. The van der Waals surface area contributed by atoms with E-state index in [1.807, 2.05) is 18.7 Å². The molecule has 1 aromatic carbocycles. The van der Waals surface area contributed by atoms with E-state index in [4.69, 9.17) is 4.74 Å². The largest absolute Gasteiger partial charge is 0.482 e. The molecule has 1 atom stereocenters. The van der Waals surface area contributed by atoms with Crippen molar-refractivity contribution >= 4 is 27.5 Å². The fourth-order valence-electron chi connectivity index (χ4n) is 3.86. The van der Waals surface area contributed by atoms with E-state index in [1.54, 1.807) is 6.07 Å². The Kier molecular flexibility index (Phi) is 6.79. The number of piperidine rings is 1. The molecule has 8 nitrogen and oxygen atoms in total. The SMILES string of the molecule is CCCN(CCC)C(=O)[C@@H]1CCCN(S(=O)(=O)c2ccc3c(c2)NC(=O)CO3)C1. The number of hydrogen-bond acceptors (Lipinski definition) is 5. The maximum atomic E-state index is 13.2.